The Hall–Kier alpha value is -1.51. The van der Waals surface area contributed by atoms with Crippen LogP contribution in [-0.2, 0) is 0 Å². The Morgan fingerprint density at radius 1 is 1.55 bits per heavy atom. The minimum atomic E-state index is 0.715. The van der Waals surface area contributed by atoms with E-state index < -0.39 is 0 Å². The van der Waals surface area contributed by atoms with Crippen LogP contribution < -0.4 is 4.74 Å². The van der Waals surface area contributed by atoms with Gasteiger partial charge in [0.1, 0.15) is 11.3 Å². The van der Waals surface area contributed by atoms with E-state index in [4.69, 9.17) is 9.15 Å². The fourth-order valence-electron chi connectivity index (χ4n) is 0.940. The summed E-state index contributed by atoms with van der Waals surface area (Å²) in [7, 11) is 1.60. The highest BCUT2D eigenvalue weighted by molar-refractivity contribution is 5.73. The van der Waals surface area contributed by atoms with Crippen molar-refractivity contribution in [1.29, 1.82) is 0 Å². The Labute approximate surface area is 63.6 Å². The van der Waals surface area contributed by atoms with E-state index in [1.54, 1.807) is 19.6 Å². The van der Waals surface area contributed by atoms with Gasteiger partial charge in [0.05, 0.1) is 19.6 Å². The van der Waals surface area contributed by atoms with E-state index in [9.17, 15) is 0 Å². The molecule has 0 aromatic carbocycles. The highest BCUT2D eigenvalue weighted by Gasteiger charge is 1.98. The number of fused-ring (bicyclic) bond motifs is 1. The lowest BCUT2D eigenvalue weighted by Gasteiger charge is -1.95. The van der Waals surface area contributed by atoms with Gasteiger partial charge in [-0.05, 0) is 0 Å². The topological polar surface area (TPSA) is 35.3 Å². The number of hydrogen-bond acceptors (Lipinski definition) is 3. The summed E-state index contributed by atoms with van der Waals surface area (Å²) < 4.78 is 10.1. The summed E-state index contributed by atoms with van der Waals surface area (Å²) in [6.45, 7) is 0. The molecule has 0 aliphatic rings. The van der Waals surface area contributed by atoms with Crippen molar-refractivity contribution in [2.24, 2.45) is 0 Å². The Bertz CT molecular complexity index is 367. The predicted octanol–water partition coefficient (Wildman–Crippen LogP) is 1.84. The fraction of sp³-hybridized carbons (Fsp3) is 0.125. The van der Waals surface area contributed by atoms with E-state index in [-0.39, 0.29) is 0 Å². The van der Waals surface area contributed by atoms with Gasteiger partial charge in [-0.3, -0.25) is 0 Å². The van der Waals surface area contributed by atoms with E-state index in [0.29, 0.717) is 5.75 Å². The summed E-state index contributed by atoms with van der Waals surface area (Å²) >= 11 is 0. The molecule has 2 rings (SSSR count). The van der Waals surface area contributed by atoms with Crippen LogP contribution in [-0.4, -0.2) is 12.1 Å². The highest BCUT2D eigenvalue weighted by atomic mass is 16.5. The van der Waals surface area contributed by atoms with Crippen LogP contribution in [0.3, 0.4) is 0 Å². The van der Waals surface area contributed by atoms with Crippen molar-refractivity contribution in [1.82, 2.24) is 4.98 Å². The molecular formula is C8H7NO2. The number of rotatable bonds is 1. The van der Waals surface area contributed by atoms with Gasteiger partial charge in [-0.25, -0.2) is 4.98 Å². The molecule has 2 heterocycles. The molecule has 11 heavy (non-hydrogen) atoms. The third kappa shape index (κ3) is 0.941. The van der Waals surface area contributed by atoms with Crippen molar-refractivity contribution in [2.75, 3.05) is 7.11 Å². The molecule has 0 spiro atoms. The number of hydrogen-bond donors (Lipinski definition) is 0. The second-order valence-electron chi connectivity index (χ2n) is 2.18. The first-order chi connectivity index (χ1) is 5.40. The van der Waals surface area contributed by atoms with Crippen LogP contribution in [0.4, 0.5) is 0 Å². The van der Waals surface area contributed by atoms with Crippen LogP contribution in [0, 0.1) is 0 Å². The smallest absolute Gasteiger partial charge is 0.155 e. The van der Waals surface area contributed by atoms with Crippen LogP contribution in [0.2, 0.25) is 0 Å². The van der Waals surface area contributed by atoms with Gasteiger partial charge < -0.3 is 9.15 Å². The van der Waals surface area contributed by atoms with E-state index in [1.165, 1.54) is 0 Å². The SMILES string of the molecule is COc1cnc2ccoc2c1. The Morgan fingerprint density at radius 3 is 3.27 bits per heavy atom. The van der Waals surface area contributed by atoms with Crippen molar-refractivity contribution in [3.8, 4) is 5.75 Å². The normalized spacial score (nSPS) is 10.3. The molecule has 0 aliphatic carbocycles. The maximum atomic E-state index is 5.12. The monoisotopic (exact) mass is 149 g/mol. The molecule has 3 nitrogen and oxygen atoms in total. The number of methoxy groups -OCH3 is 1. The Kier molecular flexibility index (Phi) is 1.28. The molecule has 0 atom stereocenters. The first-order valence-electron chi connectivity index (χ1n) is 3.27. The lowest BCUT2D eigenvalue weighted by atomic mass is 10.4. The summed E-state index contributed by atoms with van der Waals surface area (Å²) in [5.41, 5.74) is 1.61. The van der Waals surface area contributed by atoms with E-state index in [1.807, 2.05) is 12.1 Å². The van der Waals surface area contributed by atoms with Gasteiger partial charge in [0.2, 0.25) is 0 Å². The standard InChI is InChI=1S/C8H7NO2/c1-10-6-4-8-7(9-5-6)2-3-11-8/h2-5H,1H3. The minimum Gasteiger partial charge on any atom is -0.495 e. The Balaban J connectivity index is 2.67. The van der Waals surface area contributed by atoms with Crippen molar-refractivity contribution < 1.29 is 9.15 Å². The lowest BCUT2D eigenvalue weighted by Crippen LogP contribution is -1.82. The molecule has 56 valence electrons. The zero-order valence-corrected chi connectivity index (χ0v) is 6.07. The van der Waals surface area contributed by atoms with Gasteiger partial charge in [0, 0.05) is 12.1 Å². The maximum absolute atomic E-state index is 5.12. The van der Waals surface area contributed by atoms with Crippen molar-refractivity contribution in [2.45, 2.75) is 0 Å². The number of ether oxygens (including phenoxy) is 1. The van der Waals surface area contributed by atoms with Gasteiger partial charge in [-0.15, -0.1) is 0 Å². The number of aromatic nitrogens is 1. The van der Waals surface area contributed by atoms with Gasteiger partial charge in [0.25, 0.3) is 0 Å². The summed E-state index contributed by atoms with van der Waals surface area (Å²) in [4.78, 5) is 4.09. The molecule has 0 amide bonds. The molecule has 0 aliphatic heterocycles. The third-order valence-corrected chi connectivity index (χ3v) is 1.51. The van der Waals surface area contributed by atoms with Gasteiger partial charge in [0.15, 0.2) is 5.58 Å². The third-order valence-electron chi connectivity index (χ3n) is 1.51. The predicted molar refractivity (Wildman–Crippen MR) is 40.6 cm³/mol. The summed E-state index contributed by atoms with van der Waals surface area (Å²) in [6.07, 6.45) is 3.27. The zero-order valence-electron chi connectivity index (χ0n) is 6.07. The molecule has 0 unspecified atom stereocenters. The van der Waals surface area contributed by atoms with Gasteiger partial charge in [-0.2, -0.15) is 0 Å². The molecule has 2 aromatic rings. The number of furan rings is 1. The first kappa shape index (κ1) is 6.22. The van der Waals surface area contributed by atoms with Crippen LogP contribution in [0.15, 0.2) is 29.0 Å². The molecule has 3 heteroatoms. The minimum absolute atomic E-state index is 0.715. The fourth-order valence-corrected chi connectivity index (χ4v) is 0.940. The second kappa shape index (κ2) is 2.27. The summed E-state index contributed by atoms with van der Waals surface area (Å²) in [5, 5.41) is 0. The number of nitrogens with zero attached hydrogens (tertiary/aromatic N) is 1. The average Bonchev–Trinajstić information content (AvgIpc) is 2.50. The van der Waals surface area contributed by atoms with Crippen LogP contribution >= 0.6 is 0 Å². The summed E-state index contributed by atoms with van der Waals surface area (Å²) in [6, 6.07) is 3.62. The highest BCUT2D eigenvalue weighted by Crippen LogP contribution is 2.17. The van der Waals surface area contributed by atoms with Crippen LogP contribution in [0.25, 0.3) is 11.1 Å². The molecule has 0 fully saturated rings. The largest absolute Gasteiger partial charge is 0.495 e. The molecule has 0 saturated heterocycles. The molecule has 0 N–H and O–H groups in total. The number of pyridine rings is 1. The quantitative estimate of drug-likeness (QED) is 0.620. The van der Waals surface area contributed by atoms with Crippen LogP contribution in [0.1, 0.15) is 0 Å². The molecule has 0 radical (unpaired) electrons. The van der Waals surface area contributed by atoms with E-state index in [0.717, 1.165) is 11.1 Å². The lowest BCUT2D eigenvalue weighted by molar-refractivity contribution is 0.413. The first-order valence-corrected chi connectivity index (χ1v) is 3.27. The average molecular weight is 149 g/mol. The summed E-state index contributed by atoms with van der Waals surface area (Å²) in [5.74, 6) is 0.715. The van der Waals surface area contributed by atoms with E-state index >= 15 is 0 Å². The van der Waals surface area contributed by atoms with Crippen molar-refractivity contribution >= 4 is 11.1 Å². The Morgan fingerprint density at radius 2 is 2.45 bits per heavy atom. The van der Waals surface area contributed by atoms with Gasteiger partial charge >= 0.3 is 0 Å². The molecule has 0 bridgehead atoms. The van der Waals surface area contributed by atoms with Crippen molar-refractivity contribution in [3.05, 3.63) is 24.6 Å². The van der Waals surface area contributed by atoms with Gasteiger partial charge in [-0.1, -0.05) is 0 Å². The van der Waals surface area contributed by atoms with E-state index in [2.05, 4.69) is 4.98 Å². The molecule has 2 aromatic heterocycles. The molecular weight excluding hydrogens is 142 g/mol. The zero-order chi connectivity index (χ0) is 7.68. The van der Waals surface area contributed by atoms with Crippen molar-refractivity contribution in [3.63, 3.8) is 0 Å². The maximum Gasteiger partial charge on any atom is 0.155 e. The van der Waals surface area contributed by atoms with Crippen LogP contribution in [0.5, 0.6) is 5.75 Å². The second-order valence-corrected chi connectivity index (χ2v) is 2.18. The molecule has 0 saturated carbocycles.